The van der Waals surface area contributed by atoms with E-state index < -0.39 is 0 Å². The third kappa shape index (κ3) is 9.43. The van der Waals surface area contributed by atoms with Crippen LogP contribution in [0.5, 0.6) is 0 Å². The molecule has 0 aromatic rings. The van der Waals surface area contributed by atoms with Gasteiger partial charge in [0, 0.05) is 10.3 Å². The summed E-state index contributed by atoms with van der Waals surface area (Å²) in [4.78, 5) is 11.0. The van der Waals surface area contributed by atoms with Crippen LogP contribution >= 0.6 is 45.2 Å². The third-order valence-corrected chi connectivity index (χ3v) is 4.10. The van der Waals surface area contributed by atoms with E-state index in [1.54, 1.807) is 0 Å². The molecule has 0 aromatic heterocycles. The summed E-state index contributed by atoms with van der Waals surface area (Å²) < 4.78 is 1.38. The Balaban J connectivity index is 3.29. The molecule has 0 N–H and O–H groups in total. The minimum Gasteiger partial charge on any atom is -0.299 e. The summed E-state index contributed by atoms with van der Waals surface area (Å²) in [5.74, 6) is 0.401. The summed E-state index contributed by atoms with van der Waals surface area (Å²) >= 11 is 4.62. The van der Waals surface area contributed by atoms with Crippen molar-refractivity contribution in [3.05, 3.63) is 0 Å². The van der Waals surface area contributed by atoms with Crippen molar-refractivity contribution < 1.29 is 4.79 Å². The first-order valence-corrected chi connectivity index (χ1v) is 7.69. The maximum absolute atomic E-state index is 11.0. The molecule has 0 aliphatic rings. The second kappa shape index (κ2) is 9.68. The first kappa shape index (κ1) is 14.1. The topological polar surface area (TPSA) is 17.1 Å². The van der Waals surface area contributed by atoms with Crippen LogP contribution < -0.4 is 0 Å². The number of ketones is 1. The molecule has 0 fully saturated rings. The van der Waals surface area contributed by atoms with Crippen LogP contribution in [0.1, 0.15) is 45.4 Å². The Labute approximate surface area is 109 Å². The van der Waals surface area contributed by atoms with Crippen LogP contribution in [0, 0.1) is 0 Å². The highest BCUT2D eigenvalue weighted by atomic mass is 127. The van der Waals surface area contributed by atoms with E-state index in [-0.39, 0.29) is 0 Å². The molecule has 0 rings (SSSR count). The second-order valence-electron chi connectivity index (χ2n) is 3.30. The smallest absolute Gasteiger partial charge is 0.142 e. The van der Waals surface area contributed by atoms with Crippen LogP contribution in [0.3, 0.4) is 0 Å². The first-order valence-electron chi connectivity index (χ1n) is 4.92. The molecule has 0 aromatic carbocycles. The van der Waals surface area contributed by atoms with Crippen molar-refractivity contribution in [2.24, 2.45) is 0 Å². The van der Waals surface area contributed by atoms with Crippen molar-refractivity contribution in [1.82, 2.24) is 0 Å². The summed E-state index contributed by atoms with van der Waals surface area (Å²) in [5, 5.41) is 0. The molecule has 0 bridgehead atoms. The van der Waals surface area contributed by atoms with Gasteiger partial charge in [0.15, 0.2) is 0 Å². The molecule has 1 nitrogen and oxygen atoms in total. The summed E-state index contributed by atoms with van der Waals surface area (Å²) in [7, 11) is 0. The van der Waals surface area contributed by atoms with Gasteiger partial charge in [-0.15, -0.1) is 0 Å². The molecule has 78 valence electrons. The molecule has 0 radical (unpaired) electrons. The molecule has 0 saturated carbocycles. The van der Waals surface area contributed by atoms with Crippen LogP contribution in [-0.4, -0.2) is 14.1 Å². The summed E-state index contributed by atoms with van der Waals surface area (Å²) in [6.45, 7) is 2.22. The normalized spacial score (nSPS) is 12.8. The zero-order valence-corrected chi connectivity index (χ0v) is 12.5. The number of unbranched alkanes of at least 4 members (excludes halogenated alkanes) is 2. The molecule has 13 heavy (non-hydrogen) atoms. The quantitative estimate of drug-likeness (QED) is 0.335. The van der Waals surface area contributed by atoms with Gasteiger partial charge in [-0.25, -0.2) is 0 Å². The molecule has 0 saturated heterocycles. The number of Topliss-reactive ketones (excluding diaryl/α,β-unsaturated/α-hetero) is 1. The molecule has 1 atom stereocenters. The lowest BCUT2D eigenvalue weighted by Crippen LogP contribution is -2.04. The largest absolute Gasteiger partial charge is 0.299 e. The fourth-order valence-corrected chi connectivity index (χ4v) is 2.28. The molecule has 3 heteroatoms. The first-order chi connectivity index (χ1) is 6.20. The van der Waals surface area contributed by atoms with Gasteiger partial charge in [-0.2, -0.15) is 0 Å². The number of carbonyl (C=O) groups is 1. The van der Waals surface area contributed by atoms with E-state index >= 15 is 0 Å². The fourth-order valence-electron chi connectivity index (χ4n) is 1.14. The monoisotopic (exact) mass is 408 g/mol. The van der Waals surface area contributed by atoms with E-state index in [1.165, 1.54) is 25.7 Å². The molecule has 0 heterocycles. The Morgan fingerprint density at radius 3 is 2.54 bits per heavy atom. The van der Waals surface area contributed by atoms with Gasteiger partial charge in [-0.3, -0.25) is 4.79 Å². The molecule has 0 aliphatic carbocycles. The van der Waals surface area contributed by atoms with Gasteiger partial charge in [0.05, 0.1) is 4.43 Å². The van der Waals surface area contributed by atoms with Crippen LogP contribution in [0.25, 0.3) is 0 Å². The van der Waals surface area contributed by atoms with Crippen molar-refractivity contribution in [3.63, 3.8) is 0 Å². The Bertz CT molecular complexity index is 137. The lowest BCUT2D eigenvalue weighted by molar-refractivity contribution is -0.116. The zero-order chi connectivity index (χ0) is 10.1. The Morgan fingerprint density at radius 2 is 2.00 bits per heavy atom. The van der Waals surface area contributed by atoms with E-state index in [2.05, 4.69) is 52.1 Å². The van der Waals surface area contributed by atoms with E-state index in [9.17, 15) is 4.79 Å². The van der Waals surface area contributed by atoms with Gasteiger partial charge in [-0.1, -0.05) is 71.4 Å². The number of rotatable bonds is 8. The lowest BCUT2D eigenvalue weighted by atomic mass is 10.1. The SMILES string of the molecule is CCCCCC(I)CCC(=O)CI. The van der Waals surface area contributed by atoms with E-state index in [0.717, 1.165) is 12.8 Å². The van der Waals surface area contributed by atoms with Gasteiger partial charge in [0.25, 0.3) is 0 Å². The Kier molecular flexibility index (Phi) is 10.5. The summed E-state index contributed by atoms with van der Waals surface area (Å²) in [6, 6.07) is 0. The standard InChI is InChI=1S/C10H18I2O/c1-2-3-4-5-9(12)6-7-10(13)8-11/h9H,2-8H2,1H3. The number of alkyl halides is 2. The number of hydrogen-bond donors (Lipinski definition) is 0. The van der Waals surface area contributed by atoms with Crippen molar-refractivity contribution in [1.29, 1.82) is 0 Å². The predicted octanol–water partition coefficient (Wildman–Crippen LogP) is 4.15. The number of hydrogen-bond acceptors (Lipinski definition) is 1. The maximum atomic E-state index is 11.0. The zero-order valence-electron chi connectivity index (χ0n) is 8.19. The molecular weight excluding hydrogens is 390 g/mol. The average molecular weight is 408 g/mol. The van der Waals surface area contributed by atoms with E-state index in [0.29, 0.717) is 14.1 Å². The predicted molar refractivity (Wildman–Crippen MR) is 75.1 cm³/mol. The highest BCUT2D eigenvalue weighted by molar-refractivity contribution is 14.1. The second-order valence-corrected chi connectivity index (χ2v) is 5.83. The van der Waals surface area contributed by atoms with Crippen LogP contribution in [0.2, 0.25) is 0 Å². The van der Waals surface area contributed by atoms with Gasteiger partial charge in [0.1, 0.15) is 5.78 Å². The third-order valence-electron chi connectivity index (χ3n) is 2.01. The number of carbonyl (C=O) groups excluding carboxylic acids is 1. The highest BCUT2D eigenvalue weighted by Crippen LogP contribution is 2.17. The Morgan fingerprint density at radius 1 is 1.31 bits per heavy atom. The van der Waals surface area contributed by atoms with Gasteiger partial charge >= 0.3 is 0 Å². The van der Waals surface area contributed by atoms with Crippen LogP contribution in [-0.2, 0) is 4.79 Å². The molecule has 0 aliphatic heterocycles. The van der Waals surface area contributed by atoms with Crippen LogP contribution in [0.4, 0.5) is 0 Å². The maximum Gasteiger partial charge on any atom is 0.142 e. The Hall–Kier alpha value is 1.13. The minimum absolute atomic E-state index is 0.401. The lowest BCUT2D eigenvalue weighted by Gasteiger charge is -2.07. The molecule has 0 spiro atoms. The van der Waals surface area contributed by atoms with Crippen LogP contribution in [0.15, 0.2) is 0 Å². The highest BCUT2D eigenvalue weighted by Gasteiger charge is 2.06. The van der Waals surface area contributed by atoms with E-state index in [4.69, 9.17) is 0 Å². The van der Waals surface area contributed by atoms with Gasteiger partial charge in [-0.05, 0) is 12.8 Å². The molecular formula is C10H18I2O. The average Bonchev–Trinajstić information content (AvgIpc) is 2.14. The van der Waals surface area contributed by atoms with Gasteiger partial charge < -0.3 is 0 Å². The molecule has 1 unspecified atom stereocenters. The van der Waals surface area contributed by atoms with Gasteiger partial charge in [0.2, 0.25) is 0 Å². The van der Waals surface area contributed by atoms with Crippen molar-refractivity contribution in [2.45, 2.75) is 49.4 Å². The van der Waals surface area contributed by atoms with E-state index in [1.807, 2.05) is 0 Å². The fraction of sp³-hybridized carbons (Fsp3) is 0.900. The van der Waals surface area contributed by atoms with Crippen molar-refractivity contribution >= 4 is 51.0 Å². The van der Waals surface area contributed by atoms with Crippen molar-refractivity contribution in [3.8, 4) is 0 Å². The minimum atomic E-state index is 0.401. The summed E-state index contributed by atoms with van der Waals surface area (Å²) in [6.07, 6.45) is 7.08. The molecule has 0 amide bonds. The number of halogens is 2. The summed E-state index contributed by atoms with van der Waals surface area (Å²) in [5.41, 5.74) is 0. The van der Waals surface area contributed by atoms with Crippen molar-refractivity contribution in [2.75, 3.05) is 4.43 Å².